The number of carbonyl (C=O) groups is 2. The molecule has 0 radical (unpaired) electrons. The topological polar surface area (TPSA) is 77.1 Å². The van der Waals surface area contributed by atoms with Gasteiger partial charge in [0, 0.05) is 11.6 Å². The fourth-order valence-electron chi connectivity index (χ4n) is 5.70. The van der Waals surface area contributed by atoms with E-state index in [1.54, 1.807) is 12.1 Å². The summed E-state index contributed by atoms with van der Waals surface area (Å²) in [5.41, 5.74) is 7.65. The Labute approximate surface area is 286 Å². The first kappa shape index (κ1) is 36.2. The minimum atomic E-state index is -0.726. The molecule has 1 aliphatic rings. The lowest BCUT2D eigenvalue weighted by atomic mass is 10.0. The maximum atomic E-state index is 14.7. The number of benzene rings is 3. The van der Waals surface area contributed by atoms with Gasteiger partial charge < -0.3 is 14.2 Å². The maximum absolute atomic E-state index is 14.7. The maximum Gasteiger partial charge on any atom is 0.325 e. The van der Waals surface area contributed by atoms with Crippen molar-refractivity contribution in [2.75, 3.05) is 6.54 Å². The van der Waals surface area contributed by atoms with E-state index in [4.69, 9.17) is 14.2 Å². The van der Waals surface area contributed by atoms with Gasteiger partial charge in [-0.2, -0.15) is 0 Å². The zero-order chi connectivity index (χ0) is 34.5. The van der Waals surface area contributed by atoms with Crippen LogP contribution in [0.1, 0.15) is 86.8 Å². The molecule has 7 nitrogen and oxygen atoms in total. The number of nitrogens with one attached hydrogen (secondary N) is 1. The van der Waals surface area contributed by atoms with Gasteiger partial charge in [-0.1, -0.05) is 99.8 Å². The van der Waals surface area contributed by atoms with Gasteiger partial charge in [0.2, 0.25) is 0 Å². The van der Waals surface area contributed by atoms with Crippen molar-refractivity contribution in [2.45, 2.75) is 85.2 Å². The number of hydrazine groups is 1. The standard InChI is InChI=1S/C41H50N2O5/c1-7-16-31(6)26-43(42-37(23-29(2)3)41(45)48-34-21-14-15-22-34)40(44)36-24-35(30(4)5)38(46-27-32-17-10-8-11-18-32)25-39(36)47-28-33-19-12-9-13-20-33/h7-13,16-20,24-25,29,34,37,42H,4,6,14-15,21-23,26-28H2,1-3,5H3/b16-7-. The Morgan fingerprint density at radius 3 is 1.98 bits per heavy atom. The summed E-state index contributed by atoms with van der Waals surface area (Å²) >= 11 is 0. The Kier molecular flexibility index (Phi) is 13.6. The molecule has 0 spiro atoms. The molecule has 1 unspecified atom stereocenters. The molecule has 0 bridgehead atoms. The van der Waals surface area contributed by atoms with Gasteiger partial charge in [-0.25, -0.2) is 5.43 Å². The number of hydrogen-bond acceptors (Lipinski definition) is 6. The third-order valence-corrected chi connectivity index (χ3v) is 8.14. The molecule has 4 rings (SSSR count). The first-order valence-corrected chi connectivity index (χ1v) is 16.9. The second kappa shape index (κ2) is 18.1. The third-order valence-electron chi connectivity index (χ3n) is 8.14. The van der Waals surface area contributed by atoms with Crippen LogP contribution >= 0.6 is 0 Å². The van der Waals surface area contributed by atoms with E-state index < -0.39 is 6.04 Å². The van der Waals surface area contributed by atoms with Crippen LogP contribution in [0.2, 0.25) is 0 Å². The summed E-state index contributed by atoms with van der Waals surface area (Å²) in [4.78, 5) is 28.2. The molecule has 1 amide bonds. The highest BCUT2D eigenvalue weighted by molar-refractivity contribution is 5.98. The van der Waals surface area contributed by atoms with Gasteiger partial charge in [-0.3, -0.25) is 14.6 Å². The molecule has 0 heterocycles. The lowest BCUT2D eigenvalue weighted by Gasteiger charge is -2.30. The van der Waals surface area contributed by atoms with Gasteiger partial charge in [0.05, 0.1) is 12.1 Å². The molecular formula is C41H50N2O5. The molecule has 0 aromatic heterocycles. The fraction of sp³-hybridized carbons (Fsp3) is 0.366. The van der Waals surface area contributed by atoms with Crippen LogP contribution in [0.4, 0.5) is 0 Å². The van der Waals surface area contributed by atoms with Crippen molar-refractivity contribution >= 4 is 17.4 Å². The Morgan fingerprint density at radius 1 is 0.896 bits per heavy atom. The van der Waals surface area contributed by atoms with Crippen LogP contribution < -0.4 is 14.9 Å². The second-order valence-corrected chi connectivity index (χ2v) is 12.9. The van der Waals surface area contributed by atoms with Gasteiger partial charge in [0.1, 0.15) is 36.9 Å². The summed E-state index contributed by atoms with van der Waals surface area (Å²) in [7, 11) is 0. The normalized spacial score (nSPS) is 13.8. The third kappa shape index (κ3) is 10.7. The zero-order valence-corrected chi connectivity index (χ0v) is 28.9. The number of ether oxygens (including phenoxy) is 3. The van der Waals surface area contributed by atoms with Crippen molar-refractivity contribution in [2.24, 2.45) is 5.92 Å². The van der Waals surface area contributed by atoms with Gasteiger partial charge in [-0.05, 0) is 80.2 Å². The van der Waals surface area contributed by atoms with E-state index in [2.05, 4.69) is 18.6 Å². The van der Waals surface area contributed by atoms with E-state index in [0.717, 1.165) is 42.4 Å². The highest BCUT2D eigenvalue weighted by Gasteiger charge is 2.31. The Balaban J connectivity index is 1.73. The molecule has 3 aromatic rings. The van der Waals surface area contributed by atoms with Gasteiger partial charge in [0.15, 0.2) is 0 Å². The lowest BCUT2D eigenvalue weighted by Crippen LogP contribution is -2.53. The molecule has 0 aliphatic heterocycles. The summed E-state index contributed by atoms with van der Waals surface area (Å²) in [6, 6.07) is 22.5. The molecule has 0 saturated heterocycles. The van der Waals surface area contributed by atoms with Crippen LogP contribution in [-0.4, -0.2) is 35.6 Å². The molecule has 254 valence electrons. The van der Waals surface area contributed by atoms with Crippen molar-refractivity contribution in [3.05, 3.63) is 126 Å². The second-order valence-electron chi connectivity index (χ2n) is 12.9. The summed E-state index contributed by atoms with van der Waals surface area (Å²) in [5, 5.41) is 1.46. The quantitative estimate of drug-likeness (QED) is 0.0894. The largest absolute Gasteiger partial charge is 0.488 e. The van der Waals surface area contributed by atoms with E-state index in [1.807, 2.05) is 101 Å². The molecule has 1 aliphatic carbocycles. The van der Waals surface area contributed by atoms with E-state index in [1.165, 1.54) is 5.01 Å². The number of rotatable bonds is 17. The molecule has 3 aromatic carbocycles. The number of nitrogens with zero attached hydrogens (tertiary/aromatic N) is 1. The molecule has 1 fully saturated rings. The zero-order valence-electron chi connectivity index (χ0n) is 28.9. The Bertz CT molecular complexity index is 1560. The molecule has 7 heteroatoms. The van der Waals surface area contributed by atoms with Gasteiger partial charge in [-0.15, -0.1) is 0 Å². The van der Waals surface area contributed by atoms with Crippen molar-refractivity contribution < 1.29 is 23.8 Å². The van der Waals surface area contributed by atoms with E-state index in [9.17, 15) is 9.59 Å². The van der Waals surface area contributed by atoms with E-state index in [0.29, 0.717) is 41.2 Å². The van der Waals surface area contributed by atoms with Crippen LogP contribution in [0, 0.1) is 5.92 Å². The average molecular weight is 651 g/mol. The number of hydrogen-bond donors (Lipinski definition) is 1. The van der Waals surface area contributed by atoms with Crippen LogP contribution in [0.15, 0.2) is 104 Å². The summed E-state index contributed by atoms with van der Waals surface area (Å²) in [6.07, 6.45) is 7.96. The highest BCUT2D eigenvalue weighted by atomic mass is 16.5. The smallest absolute Gasteiger partial charge is 0.325 e. The predicted octanol–water partition coefficient (Wildman–Crippen LogP) is 8.86. The monoisotopic (exact) mass is 650 g/mol. The molecule has 1 atom stereocenters. The summed E-state index contributed by atoms with van der Waals surface area (Å²) in [5.74, 6) is 0.368. The molecular weight excluding hydrogens is 600 g/mol. The number of amides is 1. The van der Waals surface area contributed by atoms with Crippen LogP contribution in [0.25, 0.3) is 5.57 Å². The van der Waals surface area contributed by atoms with Gasteiger partial charge in [0.25, 0.3) is 5.91 Å². The number of carbonyl (C=O) groups excluding carboxylic acids is 2. The van der Waals surface area contributed by atoms with Crippen molar-refractivity contribution in [1.82, 2.24) is 10.4 Å². The van der Waals surface area contributed by atoms with Crippen molar-refractivity contribution in [3.63, 3.8) is 0 Å². The number of esters is 1. The SMILES string of the molecule is C=C(/C=C\C)CN(NC(CC(C)C)C(=O)OC1CCCC1)C(=O)c1cc(C(=C)C)c(OCc2ccccc2)cc1OCc1ccccc1. The van der Waals surface area contributed by atoms with Gasteiger partial charge >= 0.3 is 5.97 Å². The number of allylic oxidation sites excluding steroid dienone is 2. The first-order valence-electron chi connectivity index (χ1n) is 16.9. The first-order chi connectivity index (χ1) is 23.1. The molecule has 48 heavy (non-hydrogen) atoms. The highest BCUT2D eigenvalue weighted by Crippen LogP contribution is 2.35. The Hall–Kier alpha value is -4.62. The van der Waals surface area contributed by atoms with Crippen molar-refractivity contribution in [1.29, 1.82) is 0 Å². The van der Waals surface area contributed by atoms with Crippen molar-refractivity contribution in [3.8, 4) is 11.5 Å². The van der Waals surface area contributed by atoms with Crippen LogP contribution in [-0.2, 0) is 22.7 Å². The molecule has 1 N–H and O–H groups in total. The predicted molar refractivity (Wildman–Crippen MR) is 192 cm³/mol. The minimum absolute atomic E-state index is 0.0874. The van der Waals surface area contributed by atoms with Crippen LogP contribution in [0.5, 0.6) is 11.5 Å². The summed E-state index contributed by atoms with van der Waals surface area (Å²) in [6.45, 7) is 16.9. The van der Waals surface area contributed by atoms with E-state index >= 15 is 0 Å². The molecule has 1 saturated carbocycles. The van der Waals surface area contributed by atoms with E-state index in [-0.39, 0.29) is 37.0 Å². The average Bonchev–Trinajstić information content (AvgIpc) is 3.59. The Morgan fingerprint density at radius 2 is 1.46 bits per heavy atom. The van der Waals surface area contributed by atoms with Crippen LogP contribution in [0.3, 0.4) is 0 Å². The summed E-state index contributed by atoms with van der Waals surface area (Å²) < 4.78 is 18.6. The minimum Gasteiger partial charge on any atom is -0.488 e. The fourth-order valence-corrected chi connectivity index (χ4v) is 5.70. The lowest BCUT2D eigenvalue weighted by molar-refractivity contribution is -0.153.